The molecule has 6 heteroatoms. The highest BCUT2D eigenvalue weighted by atomic mass is 16.7. The second-order valence-corrected chi connectivity index (χ2v) is 4.16. The molecule has 1 aliphatic rings. The van der Waals surface area contributed by atoms with Crippen LogP contribution in [0.1, 0.15) is 22.8 Å². The maximum atomic E-state index is 11.6. The van der Waals surface area contributed by atoms with Crippen LogP contribution < -0.4 is 0 Å². The van der Waals surface area contributed by atoms with E-state index in [2.05, 4.69) is 9.47 Å². The second kappa shape index (κ2) is 7.56. The van der Waals surface area contributed by atoms with Crippen LogP contribution in [0.2, 0.25) is 0 Å². The van der Waals surface area contributed by atoms with E-state index in [4.69, 9.17) is 9.47 Å². The number of rotatable bonds is 4. The fourth-order valence-electron chi connectivity index (χ4n) is 1.69. The van der Waals surface area contributed by atoms with E-state index in [-0.39, 0.29) is 18.5 Å². The zero-order chi connectivity index (χ0) is 15.1. The van der Waals surface area contributed by atoms with Gasteiger partial charge in [-0.05, 0) is 30.7 Å². The van der Waals surface area contributed by atoms with Gasteiger partial charge in [-0.3, -0.25) is 0 Å². The van der Waals surface area contributed by atoms with Crippen molar-refractivity contribution in [3.8, 4) is 0 Å². The van der Waals surface area contributed by atoms with Crippen LogP contribution in [0.15, 0.2) is 30.3 Å². The predicted molar refractivity (Wildman–Crippen MR) is 73.6 cm³/mol. The Kier molecular flexibility index (Phi) is 5.48. The molecule has 0 radical (unpaired) electrons. The summed E-state index contributed by atoms with van der Waals surface area (Å²) in [6.45, 7) is 2.97. The molecule has 0 amide bonds. The molecule has 1 aromatic carbocycles. The first kappa shape index (κ1) is 15.2. The van der Waals surface area contributed by atoms with E-state index in [1.807, 2.05) is 6.08 Å². The standard InChI is InChI=1S/C15H16O6/c1-2-18-15(17)21-14(16)12-6-3-11(4-7-12)5-8-13-19-9-10-20-13/h3-8,13H,2,9-10H2,1H3. The molecular formula is C15H16O6. The highest BCUT2D eigenvalue weighted by Crippen LogP contribution is 2.11. The molecular weight excluding hydrogens is 276 g/mol. The Morgan fingerprint density at radius 1 is 1.24 bits per heavy atom. The first-order chi connectivity index (χ1) is 10.2. The molecule has 0 aliphatic carbocycles. The molecule has 0 atom stereocenters. The van der Waals surface area contributed by atoms with E-state index in [0.29, 0.717) is 13.2 Å². The lowest BCUT2D eigenvalue weighted by Crippen LogP contribution is -2.13. The third-order valence-electron chi connectivity index (χ3n) is 2.68. The Morgan fingerprint density at radius 3 is 2.52 bits per heavy atom. The van der Waals surface area contributed by atoms with Crippen molar-refractivity contribution in [1.29, 1.82) is 0 Å². The fraction of sp³-hybridized carbons (Fsp3) is 0.333. The molecule has 0 spiro atoms. The zero-order valence-corrected chi connectivity index (χ0v) is 11.6. The Balaban J connectivity index is 1.91. The van der Waals surface area contributed by atoms with Gasteiger partial charge < -0.3 is 18.9 Å². The molecule has 6 nitrogen and oxygen atoms in total. The van der Waals surface area contributed by atoms with Gasteiger partial charge in [-0.2, -0.15) is 0 Å². The number of ether oxygens (including phenoxy) is 4. The van der Waals surface area contributed by atoms with Gasteiger partial charge in [0, 0.05) is 0 Å². The van der Waals surface area contributed by atoms with Crippen molar-refractivity contribution < 1.29 is 28.5 Å². The summed E-state index contributed by atoms with van der Waals surface area (Å²) in [5.41, 5.74) is 1.15. The third-order valence-corrected chi connectivity index (χ3v) is 2.68. The van der Waals surface area contributed by atoms with Gasteiger partial charge in [-0.25, -0.2) is 9.59 Å². The molecule has 1 fully saturated rings. The van der Waals surface area contributed by atoms with Crippen molar-refractivity contribution in [1.82, 2.24) is 0 Å². The highest BCUT2D eigenvalue weighted by molar-refractivity contribution is 5.95. The van der Waals surface area contributed by atoms with Crippen molar-refractivity contribution in [3.63, 3.8) is 0 Å². The molecule has 1 aliphatic heterocycles. The molecule has 21 heavy (non-hydrogen) atoms. The van der Waals surface area contributed by atoms with Crippen LogP contribution in [0.4, 0.5) is 4.79 Å². The smallest absolute Gasteiger partial charge is 0.434 e. The quantitative estimate of drug-likeness (QED) is 0.627. The summed E-state index contributed by atoms with van der Waals surface area (Å²) in [5, 5.41) is 0. The summed E-state index contributed by atoms with van der Waals surface area (Å²) in [6, 6.07) is 6.59. The molecule has 1 saturated heterocycles. The average Bonchev–Trinajstić information content (AvgIpc) is 2.99. The summed E-state index contributed by atoms with van der Waals surface area (Å²) in [4.78, 5) is 22.7. The summed E-state index contributed by atoms with van der Waals surface area (Å²) < 4.78 is 19.6. The maximum absolute atomic E-state index is 11.6. The Labute approximate surface area is 122 Å². The zero-order valence-electron chi connectivity index (χ0n) is 11.6. The lowest BCUT2D eigenvalue weighted by molar-refractivity contribution is -0.000920. The van der Waals surface area contributed by atoms with Gasteiger partial charge in [-0.1, -0.05) is 18.2 Å². The molecule has 1 aromatic rings. The Hall–Kier alpha value is -2.18. The van der Waals surface area contributed by atoms with Crippen LogP contribution in [0.25, 0.3) is 6.08 Å². The van der Waals surface area contributed by atoms with Crippen molar-refractivity contribution in [3.05, 3.63) is 41.5 Å². The van der Waals surface area contributed by atoms with E-state index in [1.54, 1.807) is 37.3 Å². The molecule has 1 heterocycles. The minimum absolute atomic E-state index is 0.154. The van der Waals surface area contributed by atoms with Crippen LogP contribution in [-0.4, -0.2) is 38.2 Å². The van der Waals surface area contributed by atoms with Gasteiger partial charge in [0.1, 0.15) is 0 Å². The maximum Gasteiger partial charge on any atom is 0.516 e. The van der Waals surface area contributed by atoms with E-state index in [0.717, 1.165) is 5.56 Å². The van der Waals surface area contributed by atoms with Gasteiger partial charge in [0.25, 0.3) is 0 Å². The van der Waals surface area contributed by atoms with Gasteiger partial charge in [0.2, 0.25) is 0 Å². The van der Waals surface area contributed by atoms with Gasteiger partial charge in [-0.15, -0.1) is 0 Å². The monoisotopic (exact) mass is 292 g/mol. The third kappa shape index (κ3) is 4.70. The van der Waals surface area contributed by atoms with Crippen molar-refractivity contribution in [2.45, 2.75) is 13.2 Å². The summed E-state index contributed by atoms with van der Waals surface area (Å²) in [5.74, 6) is -0.744. The van der Waals surface area contributed by atoms with Gasteiger partial charge in [0.05, 0.1) is 25.4 Å². The molecule has 2 rings (SSSR count). The van der Waals surface area contributed by atoms with E-state index in [9.17, 15) is 9.59 Å². The fourth-order valence-corrected chi connectivity index (χ4v) is 1.69. The van der Waals surface area contributed by atoms with Crippen LogP contribution in [0, 0.1) is 0 Å². The van der Waals surface area contributed by atoms with E-state index < -0.39 is 12.1 Å². The van der Waals surface area contributed by atoms with Gasteiger partial charge in [0.15, 0.2) is 6.29 Å². The molecule has 0 saturated carbocycles. The SMILES string of the molecule is CCOC(=O)OC(=O)c1ccc(C=CC2OCCO2)cc1. The number of esters is 1. The molecule has 0 aromatic heterocycles. The first-order valence-electron chi connectivity index (χ1n) is 6.59. The Morgan fingerprint density at radius 2 is 1.90 bits per heavy atom. The number of hydrogen-bond donors (Lipinski definition) is 0. The summed E-state index contributed by atoms with van der Waals surface area (Å²) >= 11 is 0. The van der Waals surface area contributed by atoms with Crippen LogP contribution in [-0.2, 0) is 18.9 Å². The number of carbonyl (C=O) groups is 2. The van der Waals surface area contributed by atoms with Crippen molar-refractivity contribution >= 4 is 18.2 Å². The van der Waals surface area contributed by atoms with Gasteiger partial charge >= 0.3 is 12.1 Å². The predicted octanol–water partition coefficient (Wildman–Crippen LogP) is 2.39. The summed E-state index contributed by atoms with van der Waals surface area (Å²) in [7, 11) is 0. The Bertz CT molecular complexity index is 513. The molecule has 112 valence electrons. The normalized spacial score (nSPS) is 15.3. The van der Waals surface area contributed by atoms with Crippen molar-refractivity contribution in [2.75, 3.05) is 19.8 Å². The van der Waals surface area contributed by atoms with Crippen LogP contribution in [0.3, 0.4) is 0 Å². The first-order valence-corrected chi connectivity index (χ1v) is 6.59. The van der Waals surface area contributed by atoms with Crippen LogP contribution >= 0.6 is 0 Å². The minimum atomic E-state index is -0.998. The van der Waals surface area contributed by atoms with Crippen LogP contribution in [0.5, 0.6) is 0 Å². The van der Waals surface area contributed by atoms with E-state index in [1.165, 1.54) is 0 Å². The van der Waals surface area contributed by atoms with E-state index >= 15 is 0 Å². The molecule has 0 bridgehead atoms. The number of carbonyl (C=O) groups excluding carboxylic acids is 2. The number of benzene rings is 1. The average molecular weight is 292 g/mol. The lowest BCUT2D eigenvalue weighted by atomic mass is 10.1. The highest BCUT2D eigenvalue weighted by Gasteiger charge is 2.14. The topological polar surface area (TPSA) is 71.1 Å². The van der Waals surface area contributed by atoms with Crippen molar-refractivity contribution in [2.24, 2.45) is 0 Å². The minimum Gasteiger partial charge on any atom is -0.434 e. The lowest BCUT2D eigenvalue weighted by Gasteiger charge is -2.04. The molecule has 0 N–H and O–H groups in total. The second-order valence-electron chi connectivity index (χ2n) is 4.16. The largest absolute Gasteiger partial charge is 0.516 e. The number of hydrogen-bond acceptors (Lipinski definition) is 6. The molecule has 0 unspecified atom stereocenters. The summed E-state index contributed by atoms with van der Waals surface area (Å²) in [6.07, 6.45) is 2.30.